The molecule has 0 fully saturated rings. The molecule has 0 amide bonds. The van der Waals surface area contributed by atoms with Gasteiger partial charge in [0.05, 0.1) is 12.7 Å². The van der Waals surface area contributed by atoms with Gasteiger partial charge < -0.3 is 14.3 Å². The predicted molar refractivity (Wildman–Crippen MR) is 130 cm³/mol. The van der Waals surface area contributed by atoms with Gasteiger partial charge in [-0.2, -0.15) is 0 Å². The van der Waals surface area contributed by atoms with E-state index in [-0.39, 0.29) is 5.41 Å². The SMILES string of the molecule is COc1cc(/C=C2/C(=O)ON=C2c2ccc(C(C)(C)C)cc2)ccc1OCc1ccccc1. The maximum atomic E-state index is 12.4. The second kappa shape index (κ2) is 9.33. The first-order chi connectivity index (χ1) is 15.8. The number of benzene rings is 3. The summed E-state index contributed by atoms with van der Waals surface area (Å²) in [7, 11) is 1.59. The van der Waals surface area contributed by atoms with Gasteiger partial charge >= 0.3 is 5.97 Å². The third-order valence-corrected chi connectivity index (χ3v) is 5.46. The van der Waals surface area contributed by atoms with Crippen LogP contribution in [-0.2, 0) is 21.7 Å². The summed E-state index contributed by atoms with van der Waals surface area (Å²) in [6.45, 7) is 6.92. The Morgan fingerprint density at radius 3 is 2.33 bits per heavy atom. The highest BCUT2D eigenvalue weighted by molar-refractivity contribution is 6.31. The zero-order valence-corrected chi connectivity index (χ0v) is 19.3. The van der Waals surface area contributed by atoms with Crippen molar-refractivity contribution in [2.75, 3.05) is 7.11 Å². The van der Waals surface area contributed by atoms with Crippen molar-refractivity contribution >= 4 is 17.8 Å². The second-order valence-corrected chi connectivity index (χ2v) is 8.89. The molecule has 4 rings (SSSR count). The lowest BCUT2D eigenvalue weighted by atomic mass is 9.86. The van der Waals surface area contributed by atoms with Crippen LogP contribution in [0.4, 0.5) is 0 Å². The number of nitrogens with zero attached hydrogens (tertiary/aromatic N) is 1. The van der Waals surface area contributed by atoms with E-state index in [4.69, 9.17) is 14.3 Å². The minimum Gasteiger partial charge on any atom is -0.493 e. The number of hydrogen-bond acceptors (Lipinski definition) is 5. The van der Waals surface area contributed by atoms with Crippen LogP contribution in [-0.4, -0.2) is 18.8 Å². The monoisotopic (exact) mass is 441 g/mol. The van der Waals surface area contributed by atoms with Gasteiger partial charge in [-0.15, -0.1) is 0 Å². The Balaban J connectivity index is 1.57. The van der Waals surface area contributed by atoms with Gasteiger partial charge in [0.1, 0.15) is 12.3 Å². The van der Waals surface area contributed by atoms with Crippen molar-refractivity contribution in [1.82, 2.24) is 0 Å². The molecule has 0 unspecified atom stereocenters. The van der Waals surface area contributed by atoms with Gasteiger partial charge in [0.25, 0.3) is 0 Å². The third-order valence-electron chi connectivity index (χ3n) is 5.46. The van der Waals surface area contributed by atoms with Gasteiger partial charge in [-0.3, -0.25) is 0 Å². The molecular weight excluding hydrogens is 414 g/mol. The predicted octanol–water partition coefficient (Wildman–Crippen LogP) is 5.92. The van der Waals surface area contributed by atoms with Crippen molar-refractivity contribution < 1.29 is 19.1 Å². The van der Waals surface area contributed by atoms with E-state index in [1.165, 1.54) is 5.56 Å². The summed E-state index contributed by atoms with van der Waals surface area (Å²) < 4.78 is 11.4. The fourth-order valence-electron chi connectivity index (χ4n) is 3.54. The second-order valence-electron chi connectivity index (χ2n) is 8.89. The van der Waals surface area contributed by atoms with E-state index in [1.54, 1.807) is 13.2 Å². The Morgan fingerprint density at radius 1 is 0.939 bits per heavy atom. The molecule has 168 valence electrons. The number of ether oxygens (including phenoxy) is 2. The van der Waals surface area contributed by atoms with Gasteiger partial charge in [0, 0.05) is 5.56 Å². The maximum absolute atomic E-state index is 12.4. The molecule has 3 aromatic carbocycles. The first-order valence-corrected chi connectivity index (χ1v) is 10.8. The minimum atomic E-state index is -0.478. The topological polar surface area (TPSA) is 57.1 Å². The van der Waals surface area contributed by atoms with Gasteiger partial charge in [0.15, 0.2) is 11.5 Å². The number of oxime groups is 1. The number of carbonyl (C=O) groups excluding carboxylic acids is 1. The van der Waals surface area contributed by atoms with E-state index < -0.39 is 5.97 Å². The molecule has 0 saturated heterocycles. The Morgan fingerprint density at radius 2 is 1.67 bits per heavy atom. The molecule has 33 heavy (non-hydrogen) atoms. The molecule has 3 aromatic rings. The number of hydrogen-bond donors (Lipinski definition) is 0. The molecule has 0 saturated carbocycles. The normalized spacial score (nSPS) is 14.7. The molecule has 0 N–H and O–H groups in total. The zero-order valence-electron chi connectivity index (χ0n) is 19.3. The summed E-state index contributed by atoms with van der Waals surface area (Å²) >= 11 is 0. The van der Waals surface area contributed by atoms with Crippen LogP contribution in [0.25, 0.3) is 6.08 Å². The fourth-order valence-corrected chi connectivity index (χ4v) is 3.54. The van der Waals surface area contributed by atoms with Gasteiger partial charge in [-0.1, -0.05) is 86.6 Å². The zero-order chi connectivity index (χ0) is 23.4. The maximum Gasteiger partial charge on any atom is 0.368 e. The van der Waals surface area contributed by atoms with E-state index in [9.17, 15) is 4.79 Å². The van der Waals surface area contributed by atoms with Crippen molar-refractivity contribution in [2.24, 2.45) is 5.16 Å². The Hall–Kier alpha value is -3.86. The highest BCUT2D eigenvalue weighted by Crippen LogP contribution is 2.31. The lowest BCUT2D eigenvalue weighted by molar-refractivity contribution is -0.136. The van der Waals surface area contributed by atoms with Crippen molar-refractivity contribution in [3.05, 3.63) is 101 Å². The first-order valence-electron chi connectivity index (χ1n) is 10.8. The largest absolute Gasteiger partial charge is 0.493 e. The van der Waals surface area contributed by atoms with Gasteiger partial charge in [-0.25, -0.2) is 4.79 Å². The lowest BCUT2D eigenvalue weighted by Gasteiger charge is -2.19. The number of carbonyl (C=O) groups is 1. The standard InChI is InChI=1S/C28H27NO4/c1-28(2,3)22-13-11-21(12-14-22)26-23(27(30)33-29-26)16-20-10-15-24(25(17-20)31-4)32-18-19-8-6-5-7-9-19/h5-17H,18H2,1-4H3/b23-16+. The van der Waals surface area contributed by atoms with Gasteiger partial charge in [-0.05, 0) is 40.3 Å². The average molecular weight is 442 g/mol. The molecule has 5 heteroatoms. The molecule has 1 aliphatic rings. The van der Waals surface area contributed by atoms with E-state index in [2.05, 4.69) is 38.1 Å². The van der Waals surface area contributed by atoms with E-state index in [0.29, 0.717) is 29.4 Å². The fraction of sp³-hybridized carbons (Fsp3) is 0.214. The Kier molecular flexibility index (Phi) is 6.31. The van der Waals surface area contributed by atoms with Crippen LogP contribution in [0.1, 0.15) is 43.0 Å². The molecule has 0 radical (unpaired) electrons. The van der Waals surface area contributed by atoms with E-state index in [1.807, 2.05) is 60.7 Å². The molecular formula is C28H27NO4. The summed E-state index contributed by atoms with van der Waals surface area (Å²) in [6.07, 6.45) is 1.76. The molecule has 0 aliphatic carbocycles. The molecule has 0 atom stereocenters. The van der Waals surface area contributed by atoms with Crippen LogP contribution in [0, 0.1) is 0 Å². The van der Waals surface area contributed by atoms with E-state index >= 15 is 0 Å². The summed E-state index contributed by atoms with van der Waals surface area (Å²) in [6, 6.07) is 23.5. The van der Waals surface area contributed by atoms with Crippen molar-refractivity contribution in [3.8, 4) is 11.5 Å². The summed E-state index contributed by atoms with van der Waals surface area (Å²) in [5, 5.41) is 4.02. The molecule has 5 nitrogen and oxygen atoms in total. The van der Waals surface area contributed by atoms with Crippen LogP contribution in [0.5, 0.6) is 11.5 Å². The number of methoxy groups -OCH3 is 1. The van der Waals surface area contributed by atoms with E-state index in [0.717, 1.165) is 16.7 Å². The van der Waals surface area contributed by atoms with Crippen LogP contribution >= 0.6 is 0 Å². The minimum absolute atomic E-state index is 0.0435. The average Bonchev–Trinajstić information content (AvgIpc) is 3.18. The summed E-state index contributed by atoms with van der Waals surface area (Å²) in [5.74, 6) is 0.733. The molecule has 1 heterocycles. The van der Waals surface area contributed by atoms with Crippen molar-refractivity contribution in [3.63, 3.8) is 0 Å². The van der Waals surface area contributed by atoms with Crippen LogP contribution in [0.2, 0.25) is 0 Å². The Bertz CT molecular complexity index is 1200. The highest BCUT2D eigenvalue weighted by Gasteiger charge is 2.27. The highest BCUT2D eigenvalue weighted by atomic mass is 16.7. The summed E-state index contributed by atoms with van der Waals surface area (Å²) in [4.78, 5) is 17.4. The molecule has 0 bridgehead atoms. The number of rotatable bonds is 6. The van der Waals surface area contributed by atoms with Gasteiger partial charge in [0.2, 0.25) is 0 Å². The van der Waals surface area contributed by atoms with Crippen LogP contribution in [0.15, 0.2) is 83.5 Å². The quantitative estimate of drug-likeness (QED) is 0.352. The summed E-state index contributed by atoms with van der Waals surface area (Å²) in [5.41, 5.74) is 4.85. The van der Waals surface area contributed by atoms with Crippen LogP contribution in [0.3, 0.4) is 0 Å². The smallest absolute Gasteiger partial charge is 0.368 e. The third kappa shape index (κ3) is 5.14. The molecule has 1 aliphatic heterocycles. The van der Waals surface area contributed by atoms with Crippen LogP contribution < -0.4 is 9.47 Å². The Labute approximate surface area is 194 Å². The van der Waals surface area contributed by atoms with Crippen molar-refractivity contribution in [2.45, 2.75) is 32.8 Å². The van der Waals surface area contributed by atoms with Crippen molar-refractivity contribution in [1.29, 1.82) is 0 Å². The molecule has 0 aromatic heterocycles. The lowest BCUT2D eigenvalue weighted by Crippen LogP contribution is -2.12. The first kappa shape index (κ1) is 22.3. The molecule has 0 spiro atoms.